The van der Waals surface area contributed by atoms with Crippen LogP contribution in [0.1, 0.15) is 44.8 Å². The van der Waals surface area contributed by atoms with Crippen LogP contribution in [0.15, 0.2) is 58.3 Å². The highest BCUT2D eigenvalue weighted by Gasteiger charge is 2.30. The Kier molecular flexibility index (Phi) is 7.03. The van der Waals surface area contributed by atoms with Gasteiger partial charge in [0.2, 0.25) is 0 Å². The monoisotopic (exact) mass is 568 g/mol. The number of hydrogen-bond donors (Lipinski definition) is 0. The molecule has 2 aliphatic rings. The van der Waals surface area contributed by atoms with E-state index in [0.29, 0.717) is 47.7 Å². The van der Waals surface area contributed by atoms with Crippen molar-refractivity contribution in [2.24, 2.45) is 0 Å². The van der Waals surface area contributed by atoms with Gasteiger partial charge < -0.3 is 19.1 Å². The molecule has 6 rings (SSSR count). The number of likely N-dealkylation sites (tertiary alicyclic amines) is 1. The fourth-order valence-electron chi connectivity index (χ4n) is 5.16. The number of amides is 2. The third-order valence-electron chi connectivity index (χ3n) is 7.34. The number of aromatic nitrogens is 1. The number of hydrogen-bond acceptors (Lipinski definition) is 6. The number of para-hydroxylation sites is 1. The van der Waals surface area contributed by atoms with Crippen molar-refractivity contribution in [3.63, 3.8) is 0 Å². The molecule has 0 saturated carbocycles. The summed E-state index contributed by atoms with van der Waals surface area (Å²) < 4.78 is 5.77. The summed E-state index contributed by atoms with van der Waals surface area (Å²) in [5.41, 5.74) is 2.24. The largest absolute Gasteiger partial charge is 0.451 e. The van der Waals surface area contributed by atoms with Gasteiger partial charge >= 0.3 is 0 Å². The number of carbonyl (C=O) groups is 2. The molecule has 7 nitrogen and oxygen atoms in total. The third kappa shape index (κ3) is 5.00. The van der Waals surface area contributed by atoms with Gasteiger partial charge in [0.05, 0.1) is 15.1 Å². The smallest absolute Gasteiger partial charge is 0.289 e. The minimum atomic E-state index is -0.0744. The minimum absolute atomic E-state index is 0.0289. The van der Waals surface area contributed by atoms with E-state index >= 15 is 0 Å². The summed E-state index contributed by atoms with van der Waals surface area (Å²) in [7, 11) is 0. The fraction of sp³-hybridized carbons (Fsp3) is 0.321. The molecule has 196 valence electrons. The first-order chi connectivity index (χ1) is 18.5. The van der Waals surface area contributed by atoms with Crippen molar-refractivity contribution in [3.05, 3.63) is 80.4 Å². The lowest BCUT2D eigenvalue weighted by Gasteiger charge is -2.36. The van der Waals surface area contributed by atoms with Gasteiger partial charge in [-0.25, -0.2) is 4.98 Å². The maximum Gasteiger partial charge on any atom is 0.289 e. The van der Waals surface area contributed by atoms with E-state index in [2.05, 4.69) is 4.90 Å². The predicted octanol–water partition coefficient (Wildman–Crippen LogP) is 6.18. The zero-order valence-corrected chi connectivity index (χ0v) is 22.9. The molecule has 0 atom stereocenters. The number of thiazole rings is 1. The number of furan rings is 1. The van der Waals surface area contributed by atoms with E-state index in [4.69, 9.17) is 32.6 Å². The Morgan fingerprint density at radius 2 is 1.61 bits per heavy atom. The van der Waals surface area contributed by atoms with Crippen LogP contribution in [0.3, 0.4) is 0 Å². The quantitative estimate of drug-likeness (QED) is 0.294. The van der Waals surface area contributed by atoms with Crippen LogP contribution in [0.2, 0.25) is 10.0 Å². The van der Waals surface area contributed by atoms with E-state index < -0.39 is 0 Å². The second kappa shape index (κ2) is 10.6. The molecule has 2 aliphatic heterocycles. The van der Waals surface area contributed by atoms with Crippen LogP contribution >= 0.6 is 34.5 Å². The van der Waals surface area contributed by atoms with E-state index in [-0.39, 0.29) is 17.7 Å². The Morgan fingerprint density at radius 3 is 2.34 bits per heavy atom. The summed E-state index contributed by atoms with van der Waals surface area (Å²) in [4.78, 5) is 36.8. The molecule has 2 saturated heterocycles. The highest BCUT2D eigenvalue weighted by Crippen LogP contribution is 2.32. The van der Waals surface area contributed by atoms with Gasteiger partial charge in [-0.2, -0.15) is 0 Å². The van der Waals surface area contributed by atoms with Crippen molar-refractivity contribution in [1.29, 1.82) is 0 Å². The van der Waals surface area contributed by atoms with Gasteiger partial charge in [0.1, 0.15) is 11.3 Å². The lowest BCUT2D eigenvalue weighted by molar-refractivity contribution is 0.0683. The van der Waals surface area contributed by atoms with E-state index in [0.717, 1.165) is 47.6 Å². The Labute approximate surface area is 234 Å². The van der Waals surface area contributed by atoms with Crippen molar-refractivity contribution in [2.75, 3.05) is 44.2 Å². The van der Waals surface area contributed by atoms with Crippen molar-refractivity contribution in [2.45, 2.75) is 18.8 Å². The molecule has 4 aromatic rings. The molecule has 2 amide bonds. The van der Waals surface area contributed by atoms with E-state index in [9.17, 15) is 9.59 Å². The molecule has 2 fully saturated rings. The first kappa shape index (κ1) is 25.2. The lowest BCUT2D eigenvalue weighted by atomic mass is 9.97. The Hall–Kier alpha value is -3.07. The molecule has 2 aromatic carbocycles. The summed E-state index contributed by atoms with van der Waals surface area (Å²) in [5, 5.41) is 4.84. The molecular formula is C28H26Cl2N4O3S. The average molecular weight is 570 g/mol. The van der Waals surface area contributed by atoms with Crippen LogP contribution < -0.4 is 4.90 Å². The van der Waals surface area contributed by atoms with E-state index in [1.165, 1.54) is 11.3 Å². The number of piperidine rings is 1. The van der Waals surface area contributed by atoms with Crippen LogP contribution in [0.4, 0.5) is 5.69 Å². The number of nitrogens with zero attached hydrogens (tertiary/aromatic N) is 4. The van der Waals surface area contributed by atoms with Crippen molar-refractivity contribution >= 4 is 63.0 Å². The Morgan fingerprint density at radius 1 is 0.868 bits per heavy atom. The first-order valence-electron chi connectivity index (χ1n) is 12.7. The third-order valence-corrected chi connectivity index (χ3v) is 9.09. The lowest BCUT2D eigenvalue weighted by Crippen LogP contribution is -2.48. The number of anilines is 1. The maximum absolute atomic E-state index is 13.2. The summed E-state index contributed by atoms with van der Waals surface area (Å²) in [6.07, 6.45) is 1.63. The molecular weight excluding hydrogens is 543 g/mol. The molecule has 10 heteroatoms. The molecule has 0 spiro atoms. The molecule has 0 N–H and O–H groups in total. The van der Waals surface area contributed by atoms with Crippen LogP contribution in [0.5, 0.6) is 0 Å². The van der Waals surface area contributed by atoms with Gasteiger partial charge in [-0.05, 0) is 43.2 Å². The van der Waals surface area contributed by atoms with Gasteiger partial charge in [-0.1, -0.05) is 41.4 Å². The number of halogens is 2. The van der Waals surface area contributed by atoms with Gasteiger partial charge in [0, 0.05) is 61.6 Å². The first-order valence-corrected chi connectivity index (χ1v) is 14.3. The second-order valence-corrected chi connectivity index (χ2v) is 11.4. The summed E-state index contributed by atoms with van der Waals surface area (Å²) in [6.45, 7) is 3.96. The van der Waals surface area contributed by atoms with Crippen molar-refractivity contribution < 1.29 is 14.0 Å². The summed E-state index contributed by atoms with van der Waals surface area (Å²) in [6, 6.07) is 15.1. The number of rotatable bonds is 4. The van der Waals surface area contributed by atoms with Gasteiger partial charge in [-0.3, -0.25) is 9.59 Å². The molecule has 38 heavy (non-hydrogen) atoms. The molecule has 0 unspecified atom stereocenters. The zero-order chi connectivity index (χ0) is 26.2. The highest BCUT2D eigenvalue weighted by molar-refractivity contribution is 7.09. The number of carbonyl (C=O) groups excluding carboxylic acids is 2. The Bertz CT molecular complexity index is 1450. The number of piperazine rings is 1. The average Bonchev–Trinajstić information content (AvgIpc) is 3.62. The highest BCUT2D eigenvalue weighted by atomic mass is 35.5. The van der Waals surface area contributed by atoms with Gasteiger partial charge in [-0.15, -0.1) is 11.3 Å². The number of fused-ring (bicyclic) bond motifs is 1. The fourth-order valence-corrected chi connectivity index (χ4v) is 6.41. The Balaban J connectivity index is 1.03. The van der Waals surface area contributed by atoms with Crippen molar-refractivity contribution in [1.82, 2.24) is 14.8 Å². The van der Waals surface area contributed by atoms with Gasteiger partial charge in [0.25, 0.3) is 11.8 Å². The molecule has 2 aromatic heterocycles. The maximum atomic E-state index is 13.2. The molecule has 4 heterocycles. The van der Waals surface area contributed by atoms with Crippen molar-refractivity contribution in [3.8, 4) is 0 Å². The van der Waals surface area contributed by atoms with E-state index in [1.54, 1.807) is 6.07 Å². The van der Waals surface area contributed by atoms with Crippen LogP contribution in [0, 0.1) is 0 Å². The molecule has 0 aliphatic carbocycles. The standard InChI is InChI=1S/C28H26Cl2N4O3S/c29-21-6-5-20(16-22(21)30)32-11-13-34(14-12-32)27(35)23-17-38-26(31-23)18-7-9-33(10-8-18)28(36)25-15-19-3-1-2-4-24(19)37-25/h1-6,15-18H,7-14H2. The van der Waals surface area contributed by atoms with E-state index in [1.807, 2.05) is 57.6 Å². The topological polar surface area (TPSA) is 69.9 Å². The summed E-state index contributed by atoms with van der Waals surface area (Å²) in [5.74, 6) is 0.521. The normalized spacial score (nSPS) is 16.8. The number of benzene rings is 2. The minimum Gasteiger partial charge on any atom is -0.451 e. The van der Waals surface area contributed by atoms with Gasteiger partial charge in [0.15, 0.2) is 5.76 Å². The zero-order valence-electron chi connectivity index (χ0n) is 20.6. The second-order valence-electron chi connectivity index (χ2n) is 9.66. The summed E-state index contributed by atoms with van der Waals surface area (Å²) >= 11 is 13.8. The SMILES string of the molecule is O=C(c1csc(C2CCN(C(=O)c3cc4ccccc4o3)CC2)n1)N1CCN(c2ccc(Cl)c(Cl)c2)CC1. The molecule has 0 bridgehead atoms. The predicted molar refractivity (Wildman–Crippen MR) is 151 cm³/mol. The van der Waals surface area contributed by atoms with Crippen LogP contribution in [-0.4, -0.2) is 65.9 Å². The van der Waals surface area contributed by atoms with Crippen LogP contribution in [-0.2, 0) is 0 Å². The van der Waals surface area contributed by atoms with Crippen LogP contribution in [0.25, 0.3) is 11.0 Å². The molecule has 0 radical (unpaired) electrons.